The van der Waals surface area contributed by atoms with E-state index in [2.05, 4.69) is 10.4 Å². The molecule has 0 spiro atoms. The molecule has 1 aromatic heterocycles. The zero-order valence-electron chi connectivity index (χ0n) is 10.6. The number of hydrogen-bond acceptors (Lipinski definition) is 4. The first-order chi connectivity index (χ1) is 8.72. The Labute approximate surface area is 106 Å². The number of aryl methyl sites for hydroxylation is 1. The molecule has 2 rings (SSSR count). The molecule has 0 saturated carbocycles. The third-order valence-electron chi connectivity index (χ3n) is 2.85. The van der Waals surface area contributed by atoms with E-state index >= 15 is 0 Å². The van der Waals surface area contributed by atoms with Crippen molar-refractivity contribution in [2.75, 3.05) is 7.11 Å². The van der Waals surface area contributed by atoms with Gasteiger partial charge in [-0.2, -0.15) is 5.10 Å². The van der Waals surface area contributed by atoms with Gasteiger partial charge in [0, 0.05) is 31.9 Å². The molecule has 1 aromatic carbocycles. The van der Waals surface area contributed by atoms with Crippen molar-refractivity contribution < 1.29 is 9.84 Å². The molecule has 0 saturated heterocycles. The zero-order valence-corrected chi connectivity index (χ0v) is 10.6. The molecule has 0 amide bonds. The van der Waals surface area contributed by atoms with E-state index in [4.69, 9.17) is 4.74 Å². The number of hydrogen-bond donors (Lipinski definition) is 2. The third kappa shape index (κ3) is 2.62. The number of aromatic hydroxyl groups is 1. The lowest BCUT2D eigenvalue weighted by Gasteiger charge is -2.09. The summed E-state index contributed by atoms with van der Waals surface area (Å²) in [7, 11) is 3.45. The predicted molar refractivity (Wildman–Crippen MR) is 68.4 cm³/mol. The molecule has 0 bridgehead atoms. The number of nitrogens with zero attached hydrogens (tertiary/aromatic N) is 2. The third-order valence-corrected chi connectivity index (χ3v) is 2.85. The van der Waals surface area contributed by atoms with Crippen molar-refractivity contribution >= 4 is 0 Å². The average Bonchev–Trinajstić information content (AvgIpc) is 2.77. The van der Waals surface area contributed by atoms with E-state index in [-0.39, 0.29) is 5.75 Å². The Hall–Kier alpha value is -2.01. The molecule has 1 heterocycles. The van der Waals surface area contributed by atoms with Crippen LogP contribution in [0.15, 0.2) is 30.5 Å². The lowest BCUT2D eigenvalue weighted by atomic mass is 10.2. The summed E-state index contributed by atoms with van der Waals surface area (Å²) >= 11 is 0. The Morgan fingerprint density at radius 1 is 1.33 bits per heavy atom. The van der Waals surface area contributed by atoms with Crippen molar-refractivity contribution in [1.29, 1.82) is 0 Å². The van der Waals surface area contributed by atoms with E-state index in [1.807, 2.05) is 29.9 Å². The van der Waals surface area contributed by atoms with Gasteiger partial charge in [0.25, 0.3) is 0 Å². The van der Waals surface area contributed by atoms with E-state index in [0.29, 0.717) is 18.8 Å². The molecule has 0 aliphatic heterocycles. The van der Waals surface area contributed by atoms with Crippen LogP contribution in [-0.4, -0.2) is 22.0 Å². The van der Waals surface area contributed by atoms with Crippen molar-refractivity contribution in [1.82, 2.24) is 15.1 Å². The minimum Gasteiger partial charge on any atom is -0.504 e. The number of aromatic nitrogens is 2. The molecular weight excluding hydrogens is 230 g/mol. The maximum absolute atomic E-state index is 9.92. The second-order valence-corrected chi connectivity index (χ2v) is 4.02. The monoisotopic (exact) mass is 247 g/mol. The number of methoxy groups -OCH3 is 1. The molecular formula is C13H17N3O2. The van der Waals surface area contributed by atoms with Gasteiger partial charge >= 0.3 is 0 Å². The number of para-hydroxylation sites is 1. The van der Waals surface area contributed by atoms with Gasteiger partial charge in [0.05, 0.1) is 12.8 Å². The summed E-state index contributed by atoms with van der Waals surface area (Å²) in [6.07, 6.45) is 1.76. The quantitative estimate of drug-likeness (QED) is 0.839. The number of phenols is 1. The minimum absolute atomic E-state index is 0.192. The Bertz CT molecular complexity index is 523. The molecule has 2 aromatic rings. The van der Waals surface area contributed by atoms with E-state index in [0.717, 1.165) is 11.3 Å². The largest absolute Gasteiger partial charge is 0.504 e. The Kier molecular flexibility index (Phi) is 3.84. The first-order valence-electron chi connectivity index (χ1n) is 5.75. The summed E-state index contributed by atoms with van der Waals surface area (Å²) in [6.45, 7) is 1.28. The molecule has 18 heavy (non-hydrogen) atoms. The van der Waals surface area contributed by atoms with E-state index in [1.54, 1.807) is 19.4 Å². The summed E-state index contributed by atoms with van der Waals surface area (Å²) in [5, 5.41) is 17.3. The lowest BCUT2D eigenvalue weighted by Crippen LogP contribution is -2.15. The molecule has 0 unspecified atom stereocenters. The van der Waals surface area contributed by atoms with Gasteiger partial charge in [-0.25, -0.2) is 0 Å². The molecule has 0 aliphatic rings. The molecule has 0 aliphatic carbocycles. The summed E-state index contributed by atoms with van der Waals surface area (Å²) in [4.78, 5) is 0. The highest BCUT2D eigenvalue weighted by Gasteiger charge is 2.06. The highest BCUT2D eigenvalue weighted by Crippen LogP contribution is 2.29. The van der Waals surface area contributed by atoms with Crippen molar-refractivity contribution in [3.05, 3.63) is 41.7 Å². The predicted octanol–water partition coefficient (Wildman–Crippen LogP) is 1.42. The van der Waals surface area contributed by atoms with Crippen LogP contribution in [0.25, 0.3) is 0 Å². The highest BCUT2D eigenvalue weighted by atomic mass is 16.5. The van der Waals surface area contributed by atoms with E-state index < -0.39 is 0 Å². The first kappa shape index (κ1) is 12.4. The van der Waals surface area contributed by atoms with Gasteiger partial charge in [0.2, 0.25) is 0 Å². The number of rotatable bonds is 5. The second kappa shape index (κ2) is 5.55. The van der Waals surface area contributed by atoms with E-state index in [1.165, 1.54) is 0 Å². The first-order valence-corrected chi connectivity index (χ1v) is 5.75. The van der Waals surface area contributed by atoms with Crippen molar-refractivity contribution in [3.8, 4) is 11.5 Å². The van der Waals surface area contributed by atoms with Crippen LogP contribution in [-0.2, 0) is 20.1 Å². The fourth-order valence-electron chi connectivity index (χ4n) is 1.78. The number of phenolic OH excluding ortho intramolecular Hbond substituents is 1. The van der Waals surface area contributed by atoms with Crippen LogP contribution in [0.3, 0.4) is 0 Å². The van der Waals surface area contributed by atoms with Crippen LogP contribution in [0.4, 0.5) is 0 Å². The Morgan fingerprint density at radius 2 is 2.17 bits per heavy atom. The topological polar surface area (TPSA) is 59.3 Å². The van der Waals surface area contributed by atoms with Crippen molar-refractivity contribution in [3.63, 3.8) is 0 Å². The van der Waals surface area contributed by atoms with Gasteiger partial charge in [0.15, 0.2) is 11.5 Å². The summed E-state index contributed by atoms with van der Waals surface area (Å²) in [6, 6.07) is 7.42. The average molecular weight is 247 g/mol. The summed E-state index contributed by atoms with van der Waals surface area (Å²) in [5.74, 6) is 0.687. The van der Waals surface area contributed by atoms with Gasteiger partial charge < -0.3 is 15.2 Å². The molecule has 96 valence electrons. The maximum atomic E-state index is 9.92. The lowest BCUT2D eigenvalue weighted by molar-refractivity contribution is 0.369. The fourth-order valence-corrected chi connectivity index (χ4v) is 1.78. The SMILES string of the molecule is COc1cccc(CNCc2ccnn2C)c1O. The minimum atomic E-state index is 0.192. The Morgan fingerprint density at radius 3 is 2.83 bits per heavy atom. The molecule has 2 N–H and O–H groups in total. The number of ether oxygens (including phenoxy) is 1. The molecule has 0 atom stereocenters. The van der Waals surface area contributed by atoms with Crippen LogP contribution in [0.2, 0.25) is 0 Å². The van der Waals surface area contributed by atoms with Gasteiger partial charge in [-0.15, -0.1) is 0 Å². The summed E-state index contributed by atoms with van der Waals surface area (Å²) in [5.41, 5.74) is 1.91. The smallest absolute Gasteiger partial charge is 0.162 e. The summed E-state index contributed by atoms with van der Waals surface area (Å²) < 4.78 is 6.88. The van der Waals surface area contributed by atoms with Gasteiger partial charge in [-0.1, -0.05) is 12.1 Å². The highest BCUT2D eigenvalue weighted by molar-refractivity contribution is 5.45. The van der Waals surface area contributed by atoms with Crippen molar-refractivity contribution in [2.45, 2.75) is 13.1 Å². The van der Waals surface area contributed by atoms with Crippen LogP contribution < -0.4 is 10.1 Å². The van der Waals surface area contributed by atoms with E-state index in [9.17, 15) is 5.11 Å². The number of benzene rings is 1. The fraction of sp³-hybridized carbons (Fsp3) is 0.308. The van der Waals surface area contributed by atoms with Crippen LogP contribution in [0.1, 0.15) is 11.3 Å². The molecule has 5 heteroatoms. The normalized spacial score (nSPS) is 10.6. The Balaban J connectivity index is 1.96. The standard InChI is InChI=1S/C13H17N3O2/c1-16-11(6-7-15-16)9-14-8-10-4-3-5-12(18-2)13(10)17/h3-7,14,17H,8-9H2,1-2H3. The van der Waals surface area contributed by atoms with Gasteiger partial charge in [-0.05, 0) is 12.1 Å². The van der Waals surface area contributed by atoms with Gasteiger partial charge in [0.1, 0.15) is 0 Å². The second-order valence-electron chi connectivity index (χ2n) is 4.02. The molecule has 0 fully saturated rings. The zero-order chi connectivity index (χ0) is 13.0. The van der Waals surface area contributed by atoms with Crippen molar-refractivity contribution in [2.24, 2.45) is 7.05 Å². The van der Waals surface area contributed by atoms with Crippen LogP contribution >= 0.6 is 0 Å². The molecule has 5 nitrogen and oxygen atoms in total. The van der Waals surface area contributed by atoms with Crippen LogP contribution in [0, 0.1) is 0 Å². The van der Waals surface area contributed by atoms with Gasteiger partial charge in [-0.3, -0.25) is 4.68 Å². The maximum Gasteiger partial charge on any atom is 0.162 e. The number of nitrogens with one attached hydrogen (secondary N) is 1. The molecule has 0 radical (unpaired) electrons. The van der Waals surface area contributed by atoms with Crippen LogP contribution in [0.5, 0.6) is 11.5 Å².